The van der Waals surface area contributed by atoms with Crippen LogP contribution in [-0.4, -0.2) is 17.2 Å². The third-order valence-corrected chi connectivity index (χ3v) is 3.56. The van der Waals surface area contributed by atoms with Crippen LogP contribution >= 0.6 is 11.3 Å². The highest BCUT2D eigenvalue weighted by molar-refractivity contribution is 7.28. The smallest absolute Gasteiger partial charge is 0.423 e. The molecule has 0 spiro atoms. The van der Waals surface area contributed by atoms with Gasteiger partial charge in [0.15, 0.2) is 0 Å². The molecular weight excluding hydrogens is 266 g/mol. The Bertz CT molecular complexity index is 645. The van der Waals surface area contributed by atoms with Gasteiger partial charge >= 0.3 is 13.3 Å². The lowest BCUT2D eigenvalue weighted by Crippen LogP contribution is -2.26. The molecule has 0 saturated carbocycles. The van der Waals surface area contributed by atoms with E-state index in [0.717, 1.165) is 23.5 Å². The molecule has 2 rings (SSSR count). The minimum absolute atomic E-state index is 0.0980. The van der Waals surface area contributed by atoms with Gasteiger partial charge in [-0.15, -0.1) is 11.3 Å². The normalized spacial score (nSPS) is 11.6. The van der Waals surface area contributed by atoms with E-state index in [1.165, 1.54) is 6.07 Å². The summed E-state index contributed by atoms with van der Waals surface area (Å²) in [4.78, 5) is 0. The van der Waals surface area contributed by atoms with E-state index in [1.807, 2.05) is 0 Å². The Labute approximate surface area is 104 Å². The molecule has 1 aromatic carbocycles. The fraction of sp³-hybridized carbons (Fsp3) is 0.100. The quantitative estimate of drug-likeness (QED) is 0.772. The molecule has 0 radical (unpaired) electrons. The average Bonchev–Trinajstić information content (AvgIpc) is 2.70. The number of nitrogens with zero attached hydrogens (tertiary/aromatic N) is 1. The molecule has 0 aliphatic heterocycles. The molecule has 2 aromatic rings. The molecule has 2 N–H and O–H groups in total. The number of fused-ring (bicyclic) bond motifs is 1. The molecule has 8 heteroatoms. The van der Waals surface area contributed by atoms with Gasteiger partial charge in [-0.25, -0.2) is 0 Å². The third-order valence-electron chi connectivity index (χ3n) is 2.34. The number of alkyl halides is 3. The van der Waals surface area contributed by atoms with E-state index >= 15 is 0 Å². The first-order chi connectivity index (χ1) is 8.32. The number of nitriles is 1. The first-order valence-corrected chi connectivity index (χ1v) is 5.55. The van der Waals surface area contributed by atoms with Gasteiger partial charge < -0.3 is 10.0 Å². The summed E-state index contributed by atoms with van der Waals surface area (Å²) >= 11 is 0.886. The molecule has 18 heavy (non-hydrogen) atoms. The zero-order chi connectivity index (χ0) is 13.5. The van der Waals surface area contributed by atoms with Crippen LogP contribution < -0.4 is 4.78 Å². The number of hydrogen-bond acceptors (Lipinski definition) is 4. The number of rotatable bonds is 1. The minimum atomic E-state index is -4.54. The Morgan fingerprint density at radius 1 is 1.22 bits per heavy atom. The van der Waals surface area contributed by atoms with E-state index < -0.39 is 18.9 Å². The summed E-state index contributed by atoms with van der Waals surface area (Å²) in [6, 6.07) is 4.56. The Kier molecular flexibility index (Phi) is 3.06. The first-order valence-electron chi connectivity index (χ1n) is 4.74. The van der Waals surface area contributed by atoms with E-state index in [9.17, 15) is 13.2 Å². The maximum Gasteiger partial charge on any atom is 0.499 e. The molecule has 3 nitrogen and oxygen atoms in total. The third kappa shape index (κ3) is 2.20. The predicted octanol–water partition coefficient (Wildman–Crippen LogP) is 1.47. The lowest BCUT2D eigenvalue weighted by Gasteiger charge is -2.06. The highest BCUT2D eigenvalue weighted by Crippen LogP contribution is 2.34. The van der Waals surface area contributed by atoms with Crippen LogP contribution in [0.5, 0.6) is 0 Å². The van der Waals surface area contributed by atoms with Gasteiger partial charge in [-0.05, 0) is 23.6 Å². The zero-order valence-electron chi connectivity index (χ0n) is 8.69. The van der Waals surface area contributed by atoms with Crippen molar-refractivity contribution in [3.8, 4) is 6.07 Å². The fourth-order valence-corrected chi connectivity index (χ4v) is 2.52. The molecule has 0 atom stereocenters. The Hall–Kier alpha value is -1.56. The van der Waals surface area contributed by atoms with Gasteiger partial charge in [0, 0.05) is 4.78 Å². The van der Waals surface area contributed by atoms with Crippen molar-refractivity contribution in [3.05, 3.63) is 29.3 Å². The second-order valence-electron chi connectivity index (χ2n) is 3.57. The highest BCUT2D eigenvalue weighted by Gasteiger charge is 2.32. The summed E-state index contributed by atoms with van der Waals surface area (Å²) in [6.45, 7) is 0. The first kappa shape index (κ1) is 12.9. The van der Waals surface area contributed by atoms with Crippen molar-refractivity contribution in [3.63, 3.8) is 0 Å². The maximum atomic E-state index is 12.6. The molecular formula is C10H5BF3NO2S. The molecule has 0 amide bonds. The van der Waals surface area contributed by atoms with Crippen LogP contribution in [0.4, 0.5) is 13.2 Å². The van der Waals surface area contributed by atoms with Crippen LogP contribution in [0.15, 0.2) is 18.2 Å². The standard InChI is InChI=1S/C10H5BF3NO2S/c12-10(13,14)7-1-5-3-8(11(16)17)18-9(5)6(2-7)4-15/h1-3,16-17H. The van der Waals surface area contributed by atoms with Crippen molar-refractivity contribution in [2.24, 2.45) is 0 Å². The van der Waals surface area contributed by atoms with Gasteiger partial charge in [-0.2, -0.15) is 18.4 Å². The lowest BCUT2D eigenvalue weighted by molar-refractivity contribution is -0.137. The molecule has 1 heterocycles. The van der Waals surface area contributed by atoms with E-state index in [4.69, 9.17) is 15.3 Å². The van der Waals surface area contributed by atoms with Crippen molar-refractivity contribution in [2.45, 2.75) is 6.18 Å². The number of halogens is 3. The van der Waals surface area contributed by atoms with Crippen LogP contribution in [0, 0.1) is 11.3 Å². The SMILES string of the molecule is N#Cc1cc(C(F)(F)F)cc2cc(B(O)O)sc12. The fourth-order valence-electron chi connectivity index (χ4n) is 1.55. The number of thiophene rings is 1. The molecule has 0 saturated heterocycles. The van der Waals surface area contributed by atoms with Crippen molar-refractivity contribution < 1.29 is 23.2 Å². The summed E-state index contributed by atoms with van der Waals surface area (Å²) in [5.41, 5.74) is -1.06. The zero-order valence-corrected chi connectivity index (χ0v) is 9.51. The van der Waals surface area contributed by atoms with Gasteiger partial charge in [-0.3, -0.25) is 0 Å². The maximum absolute atomic E-state index is 12.6. The Morgan fingerprint density at radius 3 is 2.39 bits per heavy atom. The van der Waals surface area contributed by atoms with E-state index in [0.29, 0.717) is 4.70 Å². The second kappa shape index (κ2) is 4.28. The summed E-state index contributed by atoms with van der Waals surface area (Å²) in [6.07, 6.45) is -4.54. The summed E-state index contributed by atoms with van der Waals surface area (Å²) in [7, 11) is -1.76. The molecule has 0 unspecified atom stereocenters. The number of hydrogen-bond donors (Lipinski definition) is 2. The van der Waals surface area contributed by atoms with Crippen LogP contribution in [-0.2, 0) is 6.18 Å². The predicted molar refractivity (Wildman–Crippen MR) is 61.4 cm³/mol. The molecule has 0 aliphatic carbocycles. The van der Waals surface area contributed by atoms with Crippen LogP contribution in [0.3, 0.4) is 0 Å². The molecule has 1 aromatic heterocycles. The lowest BCUT2D eigenvalue weighted by atomic mass is 9.89. The average molecular weight is 271 g/mol. The summed E-state index contributed by atoms with van der Waals surface area (Å²) < 4.78 is 38.2. The van der Waals surface area contributed by atoms with Crippen molar-refractivity contribution in [1.29, 1.82) is 5.26 Å². The van der Waals surface area contributed by atoms with E-state index in [2.05, 4.69) is 0 Å². The van der Waals surface area contributed by atoms with Gasteiger partial charge in [0.25, 0.3) is 0 Å². The van der Waals surface area contributed by atoms with Crippen molar-refractivity contribution >= 4 is 33.3 Å². The molecule has 0 aliphatic rings. The summed E-state index contributed by atoms with van der Waals surface area (Å²) in [5, 5.41) is 27.0. The summed E-state index contributed by atoms with van der Waals surface area (Å²) in [5.74, 6) is 0. The molecule has 0 bridgehead atoms. The molecule has 0 fully saturated rings. The van der Waals surface area contributed by atoms with Crippen molar-refractivity contribution in [2.75, 3.05) is 0 Å². The topological polar surface area (TPSA) is 64.2 Å². The Balaban J connectivity index is 2.73. The van der Waals surface area contributed by atoms with E-state index in [-0.39, 0.29) is 15.7 Å². The highest BCUT2D eigenvalue weighted by atomic mass is 32.1. The van der Waals surface area contributed by atoms with E-state index in [1.54, 1.807) is 6.07 Å². The van der Waals surface area contributed by atoms with Gasteiger partial charge in [-0.1, -0.05) is 0 Å². The van der Waals surface area contributed by atoms with Crippen molar-refractivity contribution in [1.82, 2.24) is 0 Å². The molecule has 92 valence electrons. The van der Waals surface area contributed by atoms with Crippen LogP contribution in [0.1, 0.15) is 11.1 Å². The Morgan fingerprint density at radius 2 is 1.89 bits per heavy atom. The van der Waals surface area contributed by atoms with Gasteiger partial charge in [0.1, 0.15) is 6.07 Å². The minimum Gasteiger partial charge on any atom is -0.423 e. The van der Waals surface area contributed by atoms with Crippen LogP contribution in [0.2, 0.25) is 0 Å². The number of benzene rings is 1. The monoisotopic (exact) mass is 271 g/mol. The van der Waals surface area contributed by atoms with Gasteiger partial charge in [0.2, 0.25) is 0 Å². The van der Waals surface area contributed by atoms with Crippen LogP contribution in [0.25, 0.3) is 10.1 Å². The van der Waals surface area contributed by atoms with Gasteiger partial charge in [0.05, 0.1) is 15.8 Å². The largest absolute Gasteiger partial charge is 0.499 e. The second-order valence-corrected chi connectivity index (χ2v) is 4.66.